The maximum absolute atomic E-state index is 13.1. The number of hydrogen-bond acceptors (Lipinski definition) is 10. The first-order valence-corrected chi connectivity index (χ1v) is 13.0. The highest BCUT2D eigenvalue weighted by Crippen LogP contribution is 2.36. The Bertz CT molecular complexity index is 1250. The zero-order valence-electron chi connectivity index (χ0n) is 21.5. The number of nitrogens with two attached hydrogens (primary N) is 1. The van der Waals surface area contributed by atoms with E-state index in [0.717, 1.165) is 74.4 Å². The lowest BCUT2D eigenvalue weighted by Crippen LogP contribution is -2.53. The highest BCUT2D eigenvalue weighted by molar-refractivity contribution is 5.93. The summed E-state index contributed by atoms with van der Waals surface area (Å²) in [7, 11) is 2.10. The Morgan fingerprint density at radius 3 is 2.32 bits per heavy atom. The molecule has 204 valence electrons. The number of rotatable bonds is 3. The highest BCUT2D eigenvalue weighted by atomic mass is 35.5. The van der Waals surface area contributed by atoms with Crippen LogP contribution in [-0.2, 0) is 4.74 Å². The summed E-state index contributed by atoms with van der Waals surface area (Å²) in [6.45, 7) is 7.56. The Labute approximate surface area is 227 Å². The number of piperidine rings is 1. The second-order valence-corrected chi connectivity index (χ2v) is 9.97. The quantitative estimate of drug-likeness (QED) is 0.494. The van der Waals surface area contributed by atoms with Crippen molar-refractivity contribution in [2.75, 3.05) is 83.3 Å². The number of likely N-dealkylation sites (N-methyl/N-ethyl adjacent to an activating group) is 1. The molecular weight excluding hydrogens is 510 g/mol. The topological polar surface area (TPSA) is 146 Å². The van der Waals surface area contributed by atoms with Gasteiger partial charge in [-0.3, -0.25) is 5.10 Å². The van der Waals surface area contributed by atoms with E-state index in [0.29, 0.717) is 37.9 Å². The number of aromatic amines is 1. The van der Waals surface area contributed by atoms with E-state index in [1.807, 2.05) is 9.80 Å². The molecule has 0 unspecified atom stereocenters. The Hall–Kier alpha value is -3.29. The third-order valence-corrected chi connectivity index (χ3v) is 7.60. The summed E-state index contributed by atoms with van der Waals surface area (Å²) < 4.78 is 5.50. The second kappa shape index (κ2) is 11.2. The van der Waals surface area contributed by atoms with Crippen molar-refractivity contribution in [3.8, 4) is 11.3 Å². The first-order chi connectivity index (χ1) is 18.1. The molecule has 3 saturated heterocycles. The van der Waals surface area contributed by atoms with Gasteiger partial charge in [-0.2, -0.15) is 10.1 Å². The first-order valence-electron chi connectivity index (χ1n) is 13.0. The number of fused-ring (bicyclic) bond motifs is 1. The molecule has 38 heavy (non-hydrogen) atoms. The van der Waals surface area contributed by atoms with Gasteiger partial charge in [0.15, 0.2) is 5.65 Å². The second-order valence-electron chi connectivity index (χ2n) is 9.97. The zero-order valence-corrected chi connectivity index (χ0v) is 22.4. The molecule has 6 heterocycles. The van der Waals surface area contributed by atoms with Crippen molar-refractivity contribution in [2.24, 2.45) is 0 Å². The van der Waals surface area contributed by atoms with Crippen molar-refractivity contribution in [3.05, 3.63) is 18.1 Å². The molecule has 3 aliphatic heterocycles. The van der Waals surface area contributed by atoms with Gasteiger partial charge in [-0.15, -0.1) is 12.4 Å². The summed E-state index contributed by atoms with van der Waals surface area (Å²) in [5.41, 5.74) is 8.88. The van der Waals surface area contributed by atoms with Crippen LogP contribution in [-0.4, -0.2) is 123 Å². The smallest absolute Gasteiger partial charge is 0.320 e. The number of ether oxygens (including phenoxy) is 1. The normalized spacial score (nSPS) is 19.6. The van der Waals surface area contributed by atoms with E-state index in [4.69, 9.17) is 25.5 Å². The summed E-state index contributed by atoms with van der Waals surface area (Å²) in [5.74, 6) is 1.04. The summed E-state index contributed by atoms with van der Waals surface area (Å²) >= 11 is 0. The maximum atomic E-state index is 13.1. The molecule has 3 aliphatic rings. The minimum absolute atomic E-state index is 0. The van der Waals surface area contributed by atoms with Crippen LogP contribution < -0.4 is 10.6 Å². The van der Waals surface area contributed by atoms with Gasteiger partial charge >= 0.3 is 6.03 Å². The summed E-state index contributed by atoms with van der Waals surface area (Å²) in [4.78, 5) is 39.6. The predicted molar refractivity (Wildman–Crippen MR) is 145 cm³/mol. The van der Waals surface area contributed by atoms with E-state index in [2.05, 4.69) is 31.9 Å². The monoisotopic (exact) mass is 543 g/mol. The fourth-order valence-electron chi connectivity index (χ4n) is 5.35. The third kappa shape index (κ3) is 5.18. The fourth-order valence-corrected chi connectivity index (χ4v) is 5.35. The molecule has 13 nitrogen and oxygen atoms in total. The lowest BCUT2D eigenvalue weighted by Gasteiger charge is -2.38. The molecule has 0 bridgehead atoms. The van der Waals surface area contributed by atoms with Crippen LogP contribution in [0.2, 0.25) is 0 Å². The van der Waals surface area contributed by atoms with E-state index in [1.165, 1.54) is 0 Å². The predicted octanol–water partition coefficient (Wildman–Crippen LogP) is 1.20. The number of H-pyrrole nitrogens is 1. The maximum Gasteiger partial charge on any atom is 0.320 e. The van der Waals surface area contributed by atoms with Gasteiger partial charge in [0.25, 0.3) is 0 Å². The number of anilines is 2. The summed E-state index contributed by atoms with van der Waals surface area (Å²) in [6, 6.07) is 0.150. The van der Waals surface area contributed by atoms with Gasteiger partial charge in [0.2, 0.25) is 11.9 Å². The summed E-state index contributed by atoms with van der Waals surface area (Å²) in [6.07, 6.45) is 5.06. The molecule has 6 rings (SSSR count). The minimum atomic E-state index is 0. The Balaban J connectivity index is 0.00000294. The molecule has 3 aromatic rings. The molecule has 0 radical (unpaired) electrons. The number of carbonyl (C=O) groups is 1. The van der Waals surface area contributed by atoms with Gasteiger partial charge in [-0.25, -0.2) is 19.7 Å². The first kappa shape index (κ1) is 26.3. The highest BCUT2D eigenvalue weighted by Gasteiger charge is 2.31. The van der Waals surface area contributed by atoms with Crippen LogP contribution in [0.25, 0.3) is 22.3 Å². The van der Waals surface area contributed by atoms with Crippen LogP contribution in [0, 0.1) is 0 Å². The average molecular weight is 544 g/mol. The molecule has 0 aliphatic carbocycles. The van der Waals surface area contributed by atoms with Crippen LogP contribution in [0.1, 0.15) is 24.5 Å². The molecule has 3 fully saturated rings. The number of amides is 2. The lowest BCUT2D eigenvalue weighted by molar-refractivity contribution is 0.113. The van der Waals surface area contributed by atoms with Crippen molar-refractivity contribution in [2.45, 2.75) is 18.8 Å². The van der Waals surface area contributed by atoms with Crippen molar-refractivity contribution in [1.29, 1.82) is 0 Å². The molecular formula is C24H34ClN11O2. The number of nitrogens with one attached hydrogen (secondary N) is 1. The number of likely N-dealkylation sites (tertiary alicyclic amines) is 1. The Morgan fingerprint density at radius 1 is 0.974 bits per heavy atom. The average Bonchev–Trinajstić information content (AvgIpc) is 3.38. The van der Waals surface area contributed by atoms with Crippen LogP contribution in [0.4, 0.5) is 16.7 Å². The number of aromatic nitrogens is 6. The zero-order chi connectivity index (χ0) is 25.4. The number of carbonyl (C=O) groups excluding carboxylic acids is 1. The van der Waals surface area contributed by atoms with Gasteiger partial charge in [0, 0.05) is 76.2 Å². The number of hydrogen-bond donors (Lipinski definition) is 2. The van der Waals surface area contributed by atoms with Crippen molar-refractivity contribution in [1.82, 2.24) is 44.8 Å². The SMILES string of the molecule is CN1CCN(C(=O)N2CCC(c3n[nH]c4nc(N5CCOCC5)nc(-c5cnc(N)nc5)c34)CC2)CC1.Cl. The minimum Gasteiger partial charge on any atom is -0.378 e. The molecule has 3 N–H and O–H groups in total. The number of nitrogen functional groups attached to an aromatic ring is 1. The fraction of sp³-hybridized carbons (Fsp3) is 0.583. The van der Waals surface area contributed by atoms with Crippen molar-refractivity contribution in [3.63, 3.8) is 0 Å². The molecule has 0 atom stereocenters. The van der Waals surface area contributed by atoms with Crippen molar-refractivity contribution < 1.29 is 9.53 Å². The van der Waals surface area contributed by atoms with E-state index < -0.39 is 0 Å². The molecule has 2 amide bonds. The Morgan fingerprint density at radius 2 is 1.63 bits per heavy atom. The van der Waals surface area contributed by atoms with E-state index in [1.54, 1.807) is 12.4 Å². The van der Waals surface area contributed by atoms with Crippen LogP contribution in [0.5, 0.6) is 0 Å². The number of urea groups is 1. The molecule has 0 spiro atoms. The number of piperazine rings is 1. The van der Waals surface area contributed by atoms with E-state index in [-0.39, 0.29) is 30.3 Å². The molecule has 14 heteroatoms. The van der Waals surface area contributed by atoms with Gasteiger partial charge in [0.05, 0.1) is 30.0 Å². The standard InChI is InChI=1S/C24H33N11O2.ClH/c1-32-6-8-35(9-7-32)24(36)34-4-2-16(3-5-34)20-18-19(17-14-26-22(25)27-15-17)28-23(29-21(18)31-30-20)33-10-12-37-13-11-33;/h14-16H,2-13H2,1H3,(H2,25,26,27)(H,28,29,30,31);1H. The number of nitrogens with zero attached hydrogens (tertiary/aromatic N) is 9. The van der Waals surface area contributed by atoms with E-state index in [9.17, 15) is 4.79 Å². The van der Waals surface area contributed by atoms with E-state index >= 15 is 0 Å². The van der Waals surface area contributed by atoms with Gasteiger partial charge < -0.3 is 30.1 Å². The van der Waals surface area contributed by atoms with Crippen LogP contribution in [0.3, 0.4) is 0 Å². The molecule has 0 aromatic carbocycles. The van der Waals surface area contributed by atoms with Crippen LogP contribution in [0.15, 0.2) is 12.4 Å². The van der Waals surface area contributed by atoms with Crippen LogP contribution >= 0.6 is 12.4 Å². The number of halogens is 1. The van der Waals surface area contributed by atoms with Gasteiger partial charge in [-0.05, 0) is 19.9 Å². The largest absolute Gasteiger partial charge is 0.378 e. The van der Waals surface area contributed by atoms with Gasteiger partial charge in [-0.1, -0.05) is 0 Å². The van der Waals surface area contributed by atoms with Gasteiger partial charge in [0.1, 0.15) is 0 Å². The third-order valence-electron chi connectivity index (χ3n) is 7.60. The lowest BCUT2D eigenvalue weighted by atomic mass is 9.91. The summed E-state index contributed by atoms with van der Waals surface area (Å²) in [5, 5.41) is 8.76. The molecule has 3 aromatic heterocycles. The van der Waals surface area contributed by atoms with Crippen molar-refractivity contribution >= 4 is 41.4 Å². The molecule has 0 saturated carbocycles. The number of morpholine rings is 1. The Kier molecular flexibility index (Phi) is 7.77.